The highest BCUT2D eigenvalue weighted by Crippen LogP contribution is 2.31. The Balaban J connectivity index is 1.85. The maximum absolute atomic E-state index is 14.6. The van der Waals surface area contributed by atoms with E-state index in [1.807, 2.05) is 58.0 Å². The van der Waals surface area contributed by atoms with Crippen LogP contribution in [0, 0.1) is 6.92 Å². The Morgan fingerprint density at radius 2 is 1.46 bits per heavy atom. The largest absolute Gasteiger partial charge is 0.350 e. The van der Waals surface area contributed by atoms with E-state index in [2.05, 4.69) is 5.32 Å². The lowest BCUT2D eigenvalue weighted by Crippen LogP contribution is -2.56. The van der Waals surface area contributed by atoms with Crippen LogP contribution in [0.15, 0.2) is 102 Å². The molecule has 0 spiro atoms. The summed E-state index contributed by atoms with van der Waals surface area (Å²) < 4.78 is 29.3. The fraction of sp³-hybridized carbons (Fsp3) is 0.257. The van der Waals surface area contributed by atoms with E-state index in [0.717, 1.165) is 15.4 Å². The van der Waals surface area contributed by atoms with Crippen molar-refractivity contribution >= 4 is 62.3 Å². The lowest BCUT2D eigenvalue weighted by Gasteiger charge is -2.35. The van der Waals surface area contributed by atoms with Crippen molar-refractivity contribution in [1.82, 2.24) is 10.2 Å². The zero-order valence-electron chi connectivity index (χ0n) is 26.0. The first-order chi connectivity index (χ1) is 21.7. The van der Waals surface area contributed by atoms with Crippen molar-refractivity contribution in [3.05, 3.63) is 129 Å². The third-order valence-electron chi connectivity index (χ3n) is 7.13. The molecule has 7 nitrogen and oxygen atoms in total. The summed E-state index contributed by atoms with van der Waals surface area (Å²) >= 11 is 19.3. The molecule has 1 N–H and O–H groups in total. The molecule has 0 heterocycles. The minimum atomic E-state index is -4.28. The van der Waals surface area contributed by atoms with Gasteiger partial charge in [0.05, 0.1) is 15.6 Å². The summed E-state index contributed by atoms with van der Waals surface area (Å²) in [6.07, 6.45) is 0.163. The Morgan fingerprint density at radius 3 is 2.07 bits per heavy atom. The Morgan fingerprint density at radius 1 is 0.826 bits per heavy atom. The number of benzene rings is 4. The Hall–Kier alpha value is -3.56. The minimum Gasteiger partial charge on any atom is -0.350 e. The molecule has 1 unspecified atom stereocenters. The van der Waals surface area contributed by atoms with E-state index in [1.165, 1.54) is 23.1 Å². The van der Waals surface area contributed by atoms with Gasteiger partial charge in [-0.3, -0.25) is 13.9 Å². The van der Waals surface area contributed by atoms with Crippen molar-refractivity contribution in [1.29, 1.82) is 0 Å². The molecule has 2 amide bonds. The quantitative estimate of drug-likeness (QED) is 0.174. The van der Waals surface area contributed by atoms with Crippen molar-refractivity contribution in [2.45, 2.75) is 57.1 Å². The molecule has 0 aliphatic heterocycles. The Bertz CT molecular complexity index is 1790. The smallest absolute Gasteiger partial charge is 0.264 e. The summed E-state index contributed by atoms with van der Waals surface area (Å²) in [6, 6.07) is 25.9. The summed E-state index contributed by atoms with van der Waals surface area (Å²) in [7, 11) is -4.28. The molecule has 11 heteroatoms. The van der Waals surface area contributed by atoms with Crippen LogP contribution in [0.3, 0.4) is 0 Å². The van der Waals surface area contributed by atoms with Gasteiger partial charge >= 0.3 is 0 Å². The van der Waals surface area contributed by atoms with Crippen molar-refractivity contribution in [2.24, 2.45) is 0 Å². The molecule has 46 heavy (non-hydrogen) atoms. The third kappa shape index (κ3) is 9.04. The molecule has 0 saturated heterocycles. The molecule has 4 rings (SSSR count). The molecule has 0 aliphatic carbocycles. The summed E-state index contributed by atoms with van der Waals surface area (Å²) in [5.74, 6) is -1.04. The third-order valence-corrected chi connectivity index (χ3v) is 9.81. The van der Waals surface area contributed by atoms with Gasteiger partial charge in [0.2, 0.25) is 11.8 Å². The molecule has 0 radical (unpaired) electrons. The molecular weight excluding hydrogens is 665 g/mol. The van der Waals surface area contributed by atoms with Crippen molar-refractivity contribution in [2.75, 3.05) is 10.8 Å². The number of hydrogen-bond donors (Lipinski definition) is 1. The van der Waals surface area contributed by atoms with Crippen LogP contribution in [0.5, 0.6) is 0 Å². The molecule has 0 aromatic heterocycles. The van der Waals surface area contributed by atoms with Crippen molar-refractivity contribution in [3.63, 3.8) is 0 Å². The van der Waals surface area contributed by atoms with Gasteiger partial charge in [-0.05, 0) is 75.2 Å². The summed E-state index contributed by atoms with van der Waals surface area (Å²) in [6.45, 7) is 6.66. The monoisotopic (exact) mass is 699 g/mol. The van der Waals surface area contributed by atoms with Gasteiger partial charge in [0.1, 0.15) is 12.6 Å². The lowest BCUT2D eigenvalue weighted by atomic mass is 10.0. The number of nitrogens with zero attached hydrogens (tertiary/aromatic N) is 2. The van der Waals surface area contributed by atoms with Gasteiger partial charge in [-0.1, -0.05) is 101 Å². The number of amides is 2. The predicted octanol–water partition coefficient (Wildman–Crippen LogP) is 7.71. The van der Waals surface area contributed by atoms with Gasteiger partial charge in [0, 0.05) is 28.5 Å². The number of halogens is 3. The first kappa shape index (κ1) is 35.3. The fourth-order valence-corrected chi connectivity index (χ4v) is 7.03. The van der Waals surface area contributed by atoms with Crippen LogP contribution < -0.4 is 9.62 Å². The van der Waals surface area contributed by atoms with Gasteiger partial charge in [-0.15, -0.1) is 0 Å². The van der Waals surface area contributed by atoms with Gasteiger partial charge < -0.3 is 10.2 Å². The van der Waals surface area contributed by atoms with Crippen LogP contribution in [-0.2, 0) is 32.6 Å². The zero-order valence-corrected chi connectivity index (χ0v) is 29.1. The van der Waals surface area contributed by atoms with Crippen LogP contribution in [0.4, 0.5) is 5.69 Å². The summed E-state index contributed by atoms with van der Waals surface area (Å²) in [5, 5.41) is 3.85. The first-order valence-electron chi connectivity index (χ1n) is 14.6. The number of nitrogens with one attached hydrogen (secondary N) is 1. The number of carbonyl (C=O) groups excluding carboxylic acids is 2. The van der Waals surface area contributed by atoms with E-state index in [1.54, 1.807) is 48.5 Å². The highest BCUT2D eigenvalue weighted by atomic mass is 35.5. The van der Waals surface area contributed by atoms with Gasteiger partial charge in [-0.25, -0.2) is 8.42 Å². The minimum absolute atomic E-state index is 0.00979. The number of anilines is 1. The average Bonchev–Trinajstić information content (AvgIpc) is 2.99. The topological polar surface area (TPSA) is 86.8 Å². The van der Waals surface area contributed by atoms with Crippen molar-refractivity contribution < 1.29 is 18.0 Å². The van der Waals surface area contributed by atoms with Crippen LogP contribution in [0.2, 0.25) is 15.1 Å². The van der Waals surface area contributed by atoms with Gasteiger partial charge in [0.15, 0.2) is 0 Å². The number of rotatable bonds is 11. The predicted molar refractivity (Wildman–Crippen MR) is 186 cm³/mol. The van der Waals surface area contributed by atoms with E-state index in [0.29, 0.717) is 15.6 Å². The lowest BCUT2D eigenvalue weighted by molar-refractivity contribution is -0.140. The molecule has 242 valence electrons. The molecule has 4 aromatic carbocycles. The van der Waals surface area contributed by atoms with E-state index >= 15 is 0 Å². The second-order valence-corrected chi connectivity index (χ2v) is 15.1. The highest BCUT2D eigenvalue weighted by Gasteiger charge is 2.36. The summed E-state index contributed by atoms with van der Waals surface area (Å²) in [5.41, 5.74) is 1.73. The van der Waals surface area contributed by atoms with Crippen LogP contribution in [-0.4, -0.2) is 43.3 Å². The zero-order chi connectivity index (χ0) is 33.6. The Kier molecular flexibility index (Phi) is 11.4. The van der Waals surface area contributed by atoms with Crippen molar-refractivity contribution in [3.8, 4) is 0 Å². The average molecular weight is 701 g/mol. The molecule has 0 fully saturated rings. The molecule has 4 aromatic rings. The summed E-state index contributed by atoms with van der Waals surface area (Å²) in [4.78, 5) is 29.9. The highest BCUT2D eigenvalue weighted by molar-refractivity contribution is 7.92. The molecule has 0 aliphatic rings. The standard InChI is InChI=1S/C35H36Cl3N3O4S/c1-24-14-18-28(19-15-24)46(44,45)41(31-13-9-8-12-29(31)37)23-33(42)40(22-26-16-17-27(36)21-30(26)38)32(34(43)39-35(2,3)4)20-25-10-6-5-7-11-25/h5-19,21,32H,20,22-23H2,1-4H3,(H,39,43). The molecule has 1 atom stereocenters. The van der Waals surface area contributed by atoms with E-state index < -0.39 is 40.0 Å². The number of hydrogen-bond acceptors (Lipinski definition) is 4. The second-order valence-electron chi connectivity index (χ2n) is 12.0. The van der Waals surface area contributed by atoms with E-state index in [4.69, 9.17) is 34.8 Å². The number of carbonyl (C=O) groups is 2. The number of para-hydroxylation sites is 1. The normalized spacial score (nSPS) is 12.3. The second kappa shape index (κ2) is 14.9. The Labute approximate surface area is 286 Å². The maximum Gasteiger partial charge on any atom is 0.264 e. The SMILES string of the molecule is Cc1ccc(S(=O)(=O)N(CC(=O)N(Cc2ccc(Cl)cc2Cl)C(Cc2ccccc2)C(=O)NC(C)(C)C)c2ccccc2Cl)cc1. The van der Waals surface area contributed by atoms with Crippen LogP contribution in [0.25, 0.3) is 0 Å². The van der Waals surface area contributed by atoms with E-state index in [9.17, 15) is 18.0 Å². The van der Waals surface area contributed by atoms with Gasteiger partial charge in [-0.2, -0.15) is 0 Å². The van der Waals surface area contributed by atoms with Gasteiger partial charge in [0.25, 0.3) is 10.0 Å². The van der Waals surface area contributed by atoms with Crippen LogP contribution >= 0.6 is 34.8 Å². The number of aryl methyl sites for hydroxylation is 1. The molecule has 0 bridgehead atoms. The molecule has 0 saturated carbocycles. The fourth-order valence-electron chi connectivity index (χ4n) is 4.85. The van der Waals surface area contributed by atoms with E-state index in [-0.39, 0.29) is 28.6 Å². The number of sulfonamides is 1. The maximum atomic E-state index is 14.6. The first-order valence-corrected chi connectivity index (χ1v) is 17.2. The molecular formula is C35H36Cl3N3O4S. The van der Waals surface area contributed by atoms with Crippen LogP contribution in [0.1, 0.15) is 37.5 Å².